The lowest BCUT2D eigenvalue weighted by Gasteiger charge is -2.35. The Morgan fingerprint density at radius 1 is 1.60 bits per heavy atom. The van der Waals surface area contributed by atoms with Gasteiger partial charge in [-0.2, -0.15) is 11.8 Å². The fourth-order valence-corrected chi connectivity index (χ4v) is 4.83. The molecule has 2 heterocycles. The summed E-state index contributed by atoms with van der Waals surface area (Å²) >= 11 is 1.56. The standard InChI is InChI=1S/C11H15N3O4S2/c1-20(17,18)9-6-19-3-2-14(9)10-8(12)4-7(5-13-10)11(15)16/h4-5,9H,2-3,6,12H2,1H3,(H,15,16). The lowest BCUT2D eigenvalue weighted by Crippen LogP contribution is -2.47. The molecule has 110 valence electrons. The van der Waals surface area contributed by atoms with Crippen LogP contribution in [0.15, 0.2) is 12.3 Å². The predicted octanol–water partition coefficient (Wildman–Crippen LogP) is 0.286. The minimum atomic E-state index is -3.27. The van der Waals surface area contributed by atoms with E-state index in [1.165, 1.54) is 18.5 Å². The van der Waals surface area contributed by atoms with Crippen LogP contribution in [0.2, 0.25) is 0 Å². The maximum absolute atomic E-state index is 11.8. The van der Waals surface area contributed by atoms with Crippen molar-refractivity contribution in [1.82, 2.24) is 4.98 Å². The number of hydrogen-bond acceptors (Lipinski definition) is 7. The van der Waals surface area contributed by atoms with Gasteiger partial charge in [0.15, 0.2) is 15.7 Å². The number of nitrogens with two attached hydrogens (primary N) is 1. The van der Waals surface area contributed by atoms with Crippen molar-refractivity contribution in [2.45, 2.75) is 5.37 Å². The van der Waals surface area contributed by atoms with E-state index < -0.39 is 21.2 Å². The van der Waals surface area contributed by atoms with Gasteiger partial charge in [0.1, 0.15) is 5.37 Å². The van der Waals surface area contributed by atoms with Gasteiger partial charge in [0, 0.05) is 30.5 Å². The molecule has 0 spiro atoms. The van der Waals surface area contributed by atoms with Crippen molar-refractivity contribution < 1.29 is 18.3 Å². The van der Waals surface area contributed by atoms with Crippen LogP contribution < -0.4 is 10.6 Å². The monoisotopic (exact) mass is 317 g/mol. The van der Waals surface area contributed by atoms with Crippen LogP contribution in [0.4, 0.5) is 11.5 Å². The molecule has 1 aromatic rings. The molecule has 0 saturated carbocycles. The van der Waals surface area contributed by atoms with Crippen LogP contribution in [0.5, 0.6) is 0 Å². The van der Waals surface area contributed by atoms with Crippen LogP contribution in [0.3, 0.4) is 0 Å². The summed E-state index contributed by atoms with van der Waals surface area (Å²) in [7, 11) is -3.27. The molecule has 0 radical (unpaired) electrons. The van der Waals surface area contributed by atoms with Gasteiger partial charge in [-0.25, -0.2) is 18.2 Å². The van der Waals surface area contributed by atoms with E-state index in [0.717, 1.165) is 5.75 Å². The van der Waals surface area contributed by atoms with Crippen molar-refractivity contribution in [3.63, 3.8) is 0 Å². The molecule has 1 aliphatic heterocycles. The zero-order valence-corrected chi connectivity index (χ0v) is 12.4. The number of hydrogen-bond donors (Lipinski definition) is 2. The Labute approximate surface area is 121 Å². The van der Waals surface area contributed by atoms with Gasteiger partial charge in [-0.1, -0.05) is 0 Å². The van der Waals surface area contributed by atoms with E-state index in [0.29, 0.717) is 18.1 Å². The molecule has 1 fully saturated rings. The van der Waals surface area contributed by atoms with Crippen LogP contribution >= 0.6 is 11.8 Å². The molecule has 20 heavy (non-hydrogen) atoms. The second-order valence-electron chi connectivity index (χ2n) is 4.49. The number of pyridine rings is 1. The zero-order valence-electron chi connectivity index (χ0n) is 10.8. The van der Waals surface area contributed by atoms with Crippen LogP contribution in [0, 0.1) is 0 Å². The summed E-state index contributed by atoms with van der Waals surface area (Å²) in [6.45, 7) is 0.506. The molecule has 1 aromatic heterocycles. The first-order valence-corrected chi connectivity index (χ1v) is 8.93. The topological polar surface area (TPSA) is 114 Å². The van der Waals surface area contributed by atoms with E-state index in [-0.39, 0.29) is 11.3 Å². The molecule has 9 heteroatoms. The molecule has 0 bridgehead atoms. The van der Waals surface area contributed by atoms with Crippen LogP contribution in [-0.4, -0.2) is 54.2 Å². The number of carboxylic acid groups (broad SMARTS) is 1. The maximum Gasteiger partial charge on any atom is 0.337 e. The summed E-state index contributed by atoms with van der Waals surface area (Å²) in [5, 5.41) is 8.20. The molecule has 3 N–H and O–H groups in total. The smallest absolute Gasteiger partial charge is 0.337 e. The fraction of sp³-hybridized carbons (Fsp3) is 0.455. The Hall–Kier alpha value is -1.48. The number of sulfone groups is 1. The molecule has 1 aliphatic rings. The lowest BCUT2D eigenvalue weighted by molar-refractivity contribution is 0.0696. The average Bonchev–Trinajstić information content (AvgIpc) is 2.37. The third-order valence-corrected chi connectivity index (χ3v) is 5.64. The van der Waals surface area contributed by atoms with Crippen LogP contribution in [0.1, 0.15) is 10.4 Å². The van der Waals surface area contributed by atoms with Crippen molar-refractivity contribution in [3.05, 3.63) is 17.8 Å². The molecule has 1 atom stereocenters. The highest BCUT2D eigenvalue weighted by atomic mass is 32.2. The van der Waals surface area contributed by atoms with Crippen LogP contribution in [-0.2, 0) is 9.84 Å². The minimum Gasteiger partial charge on any atom is -0.478 e. The van der Waals surface area contributed by atoms with E-state index >= 15 is 0 Å². The van der Waals surface area contributed by atoms with Gasteiger partial charge in [0.2, 0.25) is 0 Å². The number of carboxylic acids is 1. The van der Waals surface area contributed by atoms with Gasteiger partial charge in [-0.05, 0) is 6.07 Å². The van der Waals surface area contributed by atoms with Crippen molar-refractivity contribution >= 4 is 39.1 Å². The molecule has 0 aliphatic carbocycles. The van der Waals surface area contributed by atoms with Gasteiger partial charge >= 0.3 is 5.97 Å². The number of nitrogen functional groups attached to an aromatic ring is 1. The predicted molar refractivity (Wildman–Crippen MR) is 78.9 cm³/mol. The summed E-state index contributed by atoms with van der Waals surface area (Å²) in [4.78, 5) is 16.5. The number of carbonyl (C=O) groups is 1. The van der Waals surface area contributed by atoms with E-state index in [1.807, 2.05) is 0 Å². The molecular formula is C11H15N3O4S2. The summed E-state index contributed by atoms with van der Waals surface area (Å²) in [5.41, 5.74) is 5.98. The second-order valence-corrected chi connectivity index (χ2v) is 7.85. The molecule has 2 rings (SSSR count). The number of thioether (sulfide) groups is 1. The highest BCUT2D eigenvalue weighted by molar-refractivity contribution is 8.01. The third-order valence-electron chi connectivity index (χ3n) is 2.99. The van der Waals surface area contributed by atoms with Gasteiger partial charge in [-0.15, -0.1) is 0 Å². The van der Waals surface area contributed by atoms with E-state index in [1.54, 1.807) is 16.7 Å². The molecule has 7 nitrogen and oxygen atoms in total. The largest absolute Gasteiger partial charge is 0.478 e. The average molecular weight is 317 g/mol. The number of aromatic carboxylic acids is 1. The number of rotatable bonds is 3. The summed E-state index contributed by atoms with van der Waals surface area (Å²) < 4.78 is 23.7. The van der Waals surface area contributed by atoms with Crippen molar-refractivity contribution in [2.75, 3.05) is 34.9 Å². The molecule has 0 aromatic carbocycles. The number of nitrogens with zero attached hydrogens (tertiary/aromatic N) is 2. The van der Waals surface area contributed by atoms with Crippen molar-refractivity contribution in [2.24, 2.45) is 0 Å². The SMILES string of the molecule is CS(=O)(=O)C1CSCCN1c1ncc(C(=O)O)cc1N. The van der Waals surface area contributed by atoms with E-state index in [2.05, 4.69) is 4.98 Å². The quantitative estimate of drug-likeness (QED) is 0.817. The van der Waals surface area contributed by atoms with Gasteiger partial charge < -0.3 is 15.7 Å². The van der Waals surface area contributed by atoms with Crippen LogP contribution in [0.25, 0.3) is 0 Å². The zero-order chi connectivity index (χ0) is 14.9. The molecule has 0 amide bonds. The normalized spacial score (nSPS) is 19.9. The van der Waals surface area contributed by atoms with E-state index in [9.17, 15) is 13.2 Å². The molecule has 1 unspecified atom stereocenters. The Balaban J connectivity index is 2.40. The third kappa shape index (κ3) is 2.98. The Kier molecular flexibility index (Phi) is 4.09. The summed E-state index contributed by atoms with van der Waals surface area (Å²) in [6, 6.07) is 1.30. The van der Waals surface area contributed by atoms with Gasteiger partial charge in [0.25, 0.3) is 0 Å². The summed E-state index contributed by atoms with van der Waals surface area (Å²) in [5.74, 6) is 0.421. The fourth-order valence-electron chi connectivity index (χ4n) is 2.01. The Bertz CT molecular complexity index is 633. The lowest BCUT2D eigenvalue weighted by atomic mass is 10.2. The highest BCUT2D eigenvalue weighted by Gasteiger charge is 2.33. The number of aromatic nitrogens is 1. The van der Waals surface area contributed by atoms with Crippen molar-refractivity contribution in [1.29, 1.82) is 0 Å². The summed E-state index contributed by atoms with van der Waals surface area (Å²) in [6.07, 6.45) is 2.37. The Morgan fingerprint density at radius 2 is 2.30 bits per heavy atom. The first-order valence-electron chi connectivity index (χ1n) is 5.83. The molecule has 1 saturated heterocycles. The molecular weight excluding hydrogens is 302 g/mol. The minimum absolute atomic E-state index is 0.0199. The van der Waals surface area contributed by atoms with Gasteiger partial charge in [0.05, 0.1) is 11.3 Å². The Morgan fingerprint density at radius 3 is 2.85 bits per heavy atom. The second kappa shape index (κ2) is 5.49. The first-order chi connectivity index (χ1) is 9.30. The maximum atomic E-state index is 11.8. The van der Waals surface area contributed by atoms with Gasteiger partial charge in [-0.3, -0.25) is 0 Å². The van der Waals surface area contributed by atoms with Crippen molar-refractivity contribution in [3.8, 4) is 0 Å². The highest BCUT2D eigenvalue weighted by Crippen LogP contribution is 2.29. The van der Waals surface area contributed by atoms with E-state index in [4.69, 9.17) is 10.8 Å². The first kappa shape index (κ1) is 14.9. The number of anilines is 2.